The SMILES string of the molecule is Cc1cc(NS(=O)(=O)c2ccc(N=Cc3c(O)[nH]c(=S)[nH]c3=O)cc2)no1. The van der Waals surface area contributed by atoms with E-state index in [0.29, 0.717) is 11.4 Å². The summed E-state index contributed by atoms with van der Waals surface area (Å²) < 4.78 is 31.7. The van der Waals surface area contributed by atoms with Crippen molar-refractivity contribution in [2.75, 3.05) is 4.72 Å². The van der Waals surface area contributed by atoms with Crippen LogP contribution in [0.25, 0.3) is 0 Å². The first-order chi connectivity index (χ1) is 12.7. The normalized spacial score (nSPS) is 11.7. The summed E-state index contributed by atoms with van der Waals surface area (Å²) in [5, 5.41) is 13.3. The zero-order valence-corrected chi connectivity index (χ0v) is 15.4. The lowest BCUT2D eigenvalue weighted by atomic mass is 10.3. The molecule has 3 aromatic rings. The molecule has 140 valence electrons. The Balaban J connectivity index is 1.81. The van der Waals surface area contributed by atoms with E-state index in [0.717, 1.165) is 6.21 Å². The number of rotatable bonds is 5. The van der Waals surface area contributed by atoms with Gasteiger partial charge in [-0.25, -0.2) is 8.42 Å². The maximum atomic E-state index is 12.3. The Morgan fingerprint density at radius 2 is 2.00 bits per heavy atom. The van der Waals surface area contributed by atoms with Gasteiger partial charge in [0.15, 0.2) is 10.6 Å². The molecule has 0 fully saturated rings. The Hall–Kier alpha value is -3.25. The third-order valence-electron chi connectivity index (χ3n) is 3.32. The number of aromatic nitrogens is 3. The van der Waals surface area contributed by atoms with E-state index in [1.54, 1.807) is 6.92 Å². The Bertz CT molecular complexity index is 1220. The quantitative estimate of drug-likeness (QED) is 0.372. The molecule has 0 amide bonds. The van der Waals surface area contributed by atoms with Gasteiger partial charge in [0.05, 0.1) is 10.6 Å². The summed E-state index contributed by atoms with van der Waals surface area (Å²) in [6.45, 7) is 1.64. The number of anilines is 1. The van der Waals surface area contributed by atoms with Crippen molar-refractivity contribution >= 4 is 40.0 Å². The molecule has 4 N–H and O–H groups in total. The molecule has 10 nitrogen and oxygen atoms in total. The second kappa shape index (κ2) is 7.17. The largest absolute Gasteiger partial charge is 0.494 e. The van der Waals surface area contributed by atoms with Crippen molar-refractivity contribution in [3.63, 3.8) is 0 Å². The Labute approximate surface area is 157 Å². The summed E-state index contributed by atoms with van der Waals surface area (Å²) in [7, 11) is -3.84. The zero-order chi connectivity index (χ0) is 19.6. The number of benzene rings is 1. The van der Waals surface area contributed by atoms with Crippen molar-refractivity contribution in [1.82, 2.24) is 15.1 Å². The van der Waals surface area contributed by atoms with Crippen LogP contribution >= 0.6 is 12.2 Å². The second-order valence-electron chi connectivity index (χ2n) is 5.35. The number of aliphatic imine (C=N–C) groups is 1. The van der Waals surface area contributed by atoms with E-state index >= 15 is 0 Å². The van der Waals surface area contributed by atoms with Crippen LogP contribution in [0.3, 0.4) is 0 Å². The molecule has 12 heteroatoms. The summed E-state index contributed by atoms with van der Waals surface area (Å²) in [5.74, 6) is 0.126. The summed E-state index contributed by atoms with van der Waals surface area (Å²) in [4.78, 5) is 20.5. The lowest BCUT2D eigenvalue weighted by Gasteiger charge is -2.05. The zero-order valence-electron chi connectivity index (χ0n) is 13.8. The van der Waals surface area contributed by atoms with Crippen molar-refractivity contribution < 1.29 is 18.0 Å². The molecular weight excluding hydrogens is 394 g/mol. The van der Waals surface area contributed by atoms with Crippen LogP contribution in [0.15, 0.2) is 49.5 Å². The van der Waals surface area contributed by atoms with E-state index in [1.165, 1.54) is 30.3 Å². The molecule has 0 saturated carbocycles. The number of aryl methyl sites for hydroxylation is 1. The molecule has 0 aliphatic heterocycles. The fourth-order valence-corrected chi connectivity index (χ4v) is 3.24. The highest BCUT2D eigenvalue weighted by molar-refractivity contribution is 7.92. The van der Waals surface area contributed by atoms with E-state index in [4.69, 9.17) is 16.7 Å². The molecule has 27 heavy (non-hydrogen) atoms. The minimum Gasteiger partial charge on any atom is -0.494 e. The lowest BCUT2D eigenvalue weighted by molar-refractivity contribution is 0.400. The van der Waals surface area contributed by atoms with E-state index in [-0.39, 0.29) is 21.0 Å². The number of aromatic amines is 2. The topological polar surface area (TPSA) is 153 Å². The number of hydrogen-bond acceptors (Lipinski definition) is 8. The van der Waals surface area contributed by atoms with Crippen LogP contribution in [0.2, 0.25) is 0 Å². The molecule has 3 rings (SSSR count). The standard InChI is InChI=1S/C15H13N5O5S2/c1-8-6-12(19-25-8)20-27(23,24)10-4-2-9(3-5-10)16-7-11-13(21)17-15(26)18-14(11)22/h2-7H,1H3,(H,19,20)(H3,17,18,21,22,26). The number of aromatic hydroxyl groups is 1. The van der Waals surface area contributed by atoms with Crippen LogP contribution in [0.4, 0.5) is 11.5 Å². The Morgan fingerprint density at radius 1 is 1.30 bits per heavy atom. The average molecular weight is 407 g/mol. The monoisotopic (exact) mass is 407 g/mol. The van der Waals surface area contributed by atoms with Gasteiger partial charge in [0, 0.05) is 12.3 Å². The molecule has 0 saturated heterocycles. The number of H-pyrrole nitrogens is 2. The van der Waals surface area contributed by atoms with Crippen molar-refractivity contribution in [3.8, 4) is 5.88 Å². The smallest absolute Gasteiger partial charge is 0.264 e. The first kappa shape index (κ1) is 18.5. The maximum Gasteiger partial charge on any atom is 0.264 e. The maximum absolute atomic E-state index is 12.3. The molecular formula is C15H13N5O5S2. The fourth-order valence-electron chi connectivity index (χ4n) is 2.07. The van der Waals surface area contributed by atoms with Crippen molar-refractivity contribution in [2.24, 2.45) is 4.99 Å². The number of hydrogen-bond donors (Lipinski definition) is 4. The van der Waals surface area contributed by atoms with Gasteiger partial charge in [-0.2, -0.15) is 0 Å². The van der Waals surface area contributed by atoms with E-state index in [9.17, 15) is 18.3 Å². The average Bonchev–Trinajstić information content (AvgIpc) is 2.98. The molecule has 1 aromatic carbocycles. The molecule has 0 radical (unpaired) electrons. The highest BCUT2D eigenvalue weighted by Crippen LogP contribution is 2.19. The van der Waals surface area contributed by atoms with Crippen molar-refractivity contribution in [2.45, 2.75) is 11.8 Å². The molecule has 2 aromatic heterocycles. The molecule has 0 aliphatic rings. The van der Waals surface area contributed by atoms with Crippen LogP contribution in [0.1, 0.15) is 11.3 Å². The molecule has 0 spiro atoms. The molecule has 0 unspecified atom stereocenters. The Kier molecular flexibility index (Phi) is 4.92. The molecule has 2 heterocycles. The highest BCUT2D eigenvalue weighted by atomic mass is 32.2. The third kappa shape index (κ3) is 4.30. The fraction of sp³-hybridized carbons (Fsp3) is 0.0667. The number of nitrogens with zero attached hydrogens (tertiary/aromatic N) is 2. The Morgan fingerprint density at radius 3 is 2.59 bits per heavy atom. The van der Waals surface area contributed by atoms with Crippen LogP contribution in [-0.4, -0.2) is 34.9 Å². The second-order valence-corrected chi connectivity index (χ2v) is 7.44. The van der Waals surface area contributed by atoms with E-state index in [1.807, 2.05) is 0 Å². The van der Waals surface area contributed by atoms with Gasteiger partial charge in [-0.15, -0.1) is 0 Å². The van der Waals surface area contributed by atoms with Crippen LogP contribution < -0.4 is 10.3 Å². The lowest BCUT2D eigenvalue weighted by Crippen LogP contribution is -2.13. The predicted octanol–water partition coefficient (Wildman–Crippen LogP) is 1.99. The minimum atomic E-state index is -3.84. The van der Waals surface area contributed by atoms with Crippen LogP contribution in [0.5, 0.6) is 5.88 Å². The predicted molar refractivity (Wildman–Crippen MR) is 99.7 cm³/mol. The summed E-state index contributed by atoms with van der Waals surface area (Å²) in [6, 6.07) is 7.01. The minimum absolute atomic E-state index is 0.00779. The van der Waals surface area contributed by atoms with Crippen LogP contribution in [-0.2, 0) is 10.0 Å². The van der Waals surface area contributed by atoms with Crippen molar-refractivity contribution in [3.05, 3.63) is 56.8 Å². The van der Waals surface area contributed by atoms with Gasteiger partial charge in [-0.05, 0) is 43.4 Å². The van der Waals surface area contributed by atoms with Gasteiger partial charge >= 0.3 is 0 Å². The summed E-state index contributed by atoms with van der Waals surface area (Å²) in [6.07, 6.45) is 1.14. The van der Waals surface area contributed by atoms with Gasteiger partial charge in [0.25, 0.3) is 15.6 Å². The van der Waals surface area contributed by atoms with Gasteiger partial charge in [0.2, 0.25) is 5.88 Å². The van der Waals surface area contributed by atoms with E-state index in [2.05, 4.69) is 24.8 Å². The van der Waals surface area contributed by atoms with Crippen molar-refractivity contribution in [1.29, 1.82) is 0 Å². The molecule has 0 aliphatic carbocycles. The van der Waals surface area contributed by atoms with Gasteiger partial charge < -0.3 is 14.6 Å². The number of nitrogens with one attached hydrogen (secondary N) is 3. The summed E-state index contributed by atoms with van der Waals surface area (Å²) >= 11 is 4.73. The first-order valence-corrected chi connectivity index (χ1v) is 9.29. The van der Waals surface area contributed by atoms with Gasteiger partial charge in [0.1, 0.15) is 11.3 Å². The van der Waals surface area contributed by atoms with E-state index < -0.39 is 21.5 Å². The van der Waals surface area contributed by atoms with Gasteiger partial charge in [-0.1, -0.05) is 5.16 Å². The number of sulfonamides is 1. The molecule has 0 atom stereocenters. The van der Waals surface area contributed by atoms with Crippen LogP contribution in [0, 0.1) is 11.7 Å². The van der Waals surface area contributed by atoms with Gasteiger partial charge in [-0.3, -0.25) is 19.5 Å². The highest BCUT2D eigenvalue weighted by Gasteiger charge is 2.16. The first-order valence-electron chi connectivity index (χ1n) is 7.40. The molecule has 0 bridgehead atoms. The third-order valence-corrected chi connectivity index (χ3v) is 4.89. The summed E-state index contributed by atoms with van der Waals surface area (Å²) in [5.41, 5.74) is -0.345.